The Kier molecular flexibility index (Phi) is 5.37. The Morgan fingerprint density at radius 2 is 2.31 bits per heavy atom. The Hall–Kier alpha value is -0.980. The summed E-state index contributed by atoms with van der Waals surface area (Å²) in [5, 5.41) is 0. The molecule has 0 spiro atoms. The number of terminal acetylenes is 1. The van der Waals surface area contributed by atoms with Gasteiger partial charge in [-0.15, -0.1) is 6.42 Å². The molecular weight excluding hydrogens is 266 g/mol. The topological polar surface area (TPSA) is 35.2 Å². The minimum Gasteiger partial charge on any atom is -0.481 e. The quantitative estimate of drug-likeness (QED) is 0.843. The van der Waals surface area contributed by atoms with Crippen LogP contribution in [0.3, 0.4) is 0 Å². The summed E-state index contributed by atoms with van der Waals surface area (Å²) < 4.78 is 6.50. The van der Waals surface area contributed by atoms with Crippen LogP contribution in [0.2, 0.25) is 0 Å². The summed E-state index contributed by atoms with van der Waals surface area (Å²) in [4.78, 5) is 0. The zero-order valence-corrected chi connectivity index (χ0v) is 11.0. The van der Waals surface area contributed by atoms with Crippen molar-refractivity contribution >= 4 is 15.9 Å². The van der Waals surface area contributed by atoms with Crippen LogP contribution in [0.25, 0.3) is 0 Å². The lowest BCUT2D eigenvalue weighted by atomic mass is 10.0. The van der Waals surface area contributed by atoms with E-state index in [9.17, 15) is 0 Å². The highest BCUT2D eigenvalue weighted by Gasteiger charge is 2.08. The molecule has 0 heterocycles. The molecule has 1 unspecified atom stereocenters. The number of nitrogens with two attached hydrogens (primary N) is 1. The van der Waals surface area contributed by atoms with E-state index in [1.165, 1.54) is 0 Å². The van der Waals surface area contributed by atoms with Gasteiger partial charge in [-0.1, -0.05) is 28.8 Å². The Morgan fingerprint density at radius 3 is 2.94 bits per heavy atom. The van der Waals surface area contributed by atoms with Crippen LogP contribution in [-0.4, -0.2) is 12.6 Å². The molecule has 2 N–H and O–H groups in total. The van der Waals surface area contributed by atoms with Gasteiger partial charge in [-0.25, -0.2) is 0 Å². The fourth-order valence-corrected chi connectivity index (χ4v) is 1.80. The van der Waals surface area contributed by atoms with Crippen molar-refractivity contribution in [2.24, 2.45) is 5.73 Å². The van der Waals surface area contributed by atoms with Crippen LogP contribution in [-0.2, 0) is 6.42 Å². The van der Waals surface area contributed by atoms with Gasteiger partial charge in [0.1, 0.15) is 12.4 Å². The molecule has 0 amide bonds. The van der Waals surface area contributed by atoms with E-state index in [4.69, 9.17) is 16.9 Å². The number of ether oxygens (including phenoxy) is 1. The van der Waals surface area contributed by atoms with E-state index >= 15 is 0 Å². The van der Waals surface area contributed by atoms with Crippen molar-refractivity contribution in [2.45, 2.75) is 25.8 Å². The lowest BCUT2D eigenvalue weighted by molar-refractivity contribution is 0.364. The lowest BCUT2D eigenvalue weighted by Crippen LogP contribution is -2.21. The molecule has 3 heteroatoms. The summed E-state index contributed by atoms with van der Waals surface area (Å²) in [5.74, 6) is 3.28. The molecule has 1 atom stereocenters. The maximum absolute atomic E-state index is 5.94. The molecule has 86 valence electrons. The number of benzene rings is 1. The van der Waals surface area contributed by atoms with Crippen LogP contribution < -0.4 is 10.5 Å². The summed E-state index contributed by atoms with van der Waals surface area (Å²) in [6, 6.07) is 6.04. The molecule has 2 nitrogen and oxygen atoms in total. The first kappa shape index (κ1) is 13.1. The fraction of sp³-hybridized carbons (Fsp3) is 0.385. The van der Waals surface area contributed by atoms with Crippen molar-refractivity contribution in [3.05, 3.63) is 28.2 Å². The summed E-state index contributed by atoms with van der Waals surface area (Å²) in [5.41, 5.74) is 7.04. The average Bonchev–Trinajstić information content (AvgIpc) is 2.28. The van der Waals surface area contributed by atoms with Crippen molar-refractivity contribution in [3.63, 3.8) is 0 Å². The van der Waals surface area contributed by atoms with Gasteiger partial charge in [-0.2, -0.15) is 0 Å². The molecule has 0 bridgehead atoms. The maximum atomic E-state index is 5.94. The summed E-state index contributed by atoms with van der Waals surface area (Å²) in [6.07, 6.45) is 6.92. The van der Waals surface area contributed by atoms with Crippen LogP contribution in [0, 0.1) is 12.3 Å². The molecule has 1 aromatic rings. The van der Waals surface area contributed by atoms with Gasteiger partial charge in [-0.3, -0.25) is 0 Å². The van der Waals surface area contributed by atoms with Gasteiger partial charge in [0.2, 0.25) is 0 Å². The van der Waals surface area contributed by atoms with Gasteiger partial charge < -0.3 is 10.5 Å². The minimum absolute atomic E-state index is 0.155. The summed E-state index contributed by atoms with van der Waals surface area (Å²) in [6.45, 7) is 2.36. The van der Waals surface area contributed by atoms with Gasteiger partial charge in [0, 0.05) is 10.5 Å². The van der Waals surface area contributed by atoms with Crippen molar-refractivity contribution in [1.29, 1.82) is 0 Å². The minimum atomic E-state index is 0.155. The van der Waals surface area contributed by atoms with Crippen molar-refractivity contribution < 1.29 is 4.74 Å². The number of halogens is 1. The van der Waals surface area contributed by atoms with E-state index in [-0.39, 0.29) is 12.6 Å². The average molecular weight is 282 g/mol. The molecule has 0 saturated carbocycles. The third-order valence-corrected chi connectivity index (χ3v) is 2.83. The number of rotatable bonds is 5. The van der Waals surface area contributed by atoms with Crippen LogP contribution in [0.5, 0.6) is 5.75 Å². The molecule has 0 aliphatic rings. The molecule has 0 aliphatic heterocycles. The second-order valence-electron chi connectivity index (χ2n) is 3.62. The lowest BCUT2D eigenvalue weighted by Gasteiger charge is -2.13. The molecule has 0 aromatic heterocycles. The third-order valence-electron chi connectivity index (χ3n) is 2.34. The Balaban J connectivity index is 2.85. The maximum Gasteiger partial charge on any atom is 0.148 e. The predicted molar refractivity (Wildman–Crippen MR) is 70.4 cm³/mol. The van der Waals surface area contributed by atoms with E-state index in [1.807, 2.05) is 18.2 Å². The van der Waals surface area contributed by atoms with Crippen LogP contribution in [0.15, 0.2) is 22.7 Å². The highest BCUT2D eigenvalue weighted by molar-refractivity contribution is 9.10. The van der Waals surface area contributed by atoms with E-state index in [2.05, 4.69) is 28.8 Å². The van der Waals surface area contributed by atoms with Gasteiger partial charge in [0.15, 0.2) is 0 Å². The first-order valence-electron chi connectivity index (χ1n) is 5.27. The van der Waals surface area contributed by atoms with Crippen LogP contribution in [0.4, 0.5) is 0 Å². The second-order valence-corrected chi connectivity index (χ2v) is 4.53. The summed E-state index contributed by atoms with van der Waals surface area (Å²) >= 11 is 3.44. The first-order chi connectivity index (χ1) is 7.67. The Morgan fingerprint density at radius 1 is 1.56 bits per heavy atom. The molecule has 0 saturated heterocycles. The monoisotopic (exact) mass is 281 g/mol. The highest BCUT2D eigenvalue weighted by Crippen LogP contribution is 2.24. The van der Waals surface area contributed by atoms with E-state index in [0.717, 1.165) is 28.6 Å². The predicted octanol–water partition coefficient (Wildman–Crippen LogP) is 2.74. The number of hydrogen-bond donors (Lipinski definition) is 1. The fourth-order valence-electron chi connectivity index (χ4n) is 1.39. The molecule has 0 aliphatic carbocycles. The number of hydrogen-bond acceptors (Lipinski definition) is 2. The smallest absolute Gasteiger partial charge is 0.148 e. The van der Waals surface area contributed by atoms with Crippen molar-refractivity contribution in [3.8, 4) is 18.1 Å². The standard InChI is InChI=1S/C13H16BrNO/c1-3-7-16-13-6-5-11(14)8-10(13)9-12(15)4-2/h1,5-6,8,12H,4,7,9,15H2,2H3. The van der Waals surface area contributed by atoms with Crippen molar-refractivity contribution in [2.75, 3.05) is 6.61 Å². The van der Waals surface area contributed by atoms with Crippen LogP contribution in [0.1, 0.15) is 18.9 Å². The van der Waals surface area contributed by atoms with Gasteiger partial charge in [0.25, 0.3) is 0 Å². The van der Waals surface area contributed by atoms with Crippen molar-refractivity contribution in [1.82, 2.24) is 0 Å². The van der Waals surface area contributed by atoms with Gasteiger partial charge in [-0.05, 0) is 36.6 Å². The molecular formula is C13H16BrNO. The zero-order chi connectivity index (χ0) is 12.0. The SMILES string of the molecule is C#CCOc1ccc(Br)cc1CC(N)CC. The molecule has 0 radical (unpaired) electrons. The Labute approximate surface area is 105 Å². The summed E-state index contributed by atoms with van der Waals surface area (Å²) in [7, 11) is 0. The van der Waals surface area contributed by atoms with Gasteiger partial charge >= 0.3 is 0 Å². The second kappa shape index (κ2) is 6.57. The third kappa shape index (κ3) is 3.88. The normalized spacial score (nSPS) is 11.9. The Bertz CT molecular complexity index is 384. The van der Waals surface area contributed by atoms with E-state index in [0.29, 0.717) is 0 Å². The largest absolute Gasteiger partial charge is 0.481 e. The molecule has 0 fully saturated rings. The van der Waals surface area contributed by atoms with Crippen LogP contribution >= 0.6 is 15.9 Å². The first-order valence-corrected chi connectivity index (χ1v) is 6.07. The molecule has 1 rings (SSSR count). The zero-order valence-electron chi connectivity index (χ0n) is 9.37. The van der Waals surface area contributed by atoms with E-state index in [1.54, 1.807) is 0 Å². The molecule has 16 heavy (non-hydrogen) atoms. The highest BCUT2D eigenvalue weighted by atomic mass is 79.9. The van der Waals surface area contributed by atoms with E-state index < -0.39 is 0 Å². The van der Waals surface area contributed by atoms with Gasteiger partial charge in [0.05, 0.1) is 0 Å². The molecule has 1 aromatic carbocycles.